The van der Waals surface area contributed by atoms with E-state index in [4.69, 9.17) is 19.7 Å². The zero-order valence-electron chi connectivity index (χ0n) is 19.9. The molecule has 4 aromatic carbocycles. The van der Waals surface area contributed by atoms with Gasteiger partial charge in [0.1, 0.15) is 11.5 Å². The van der Waals surface area contributed by atoms with Crippen molar-refractivity contribution in [2.24, 2.45) is 0 Å². The second-order valence-electron chi connectivity index (χ2n) is 8.40. The number of pyridine rings is 1. The first-order valence-corrected chi connectivity index (χ1v) is 12.0. The highest BCUT2D eigenvalue weighted by molar-refractivity contribution is 5.66. The van der Waals surface area contributed by atoms with E-state index in [2.05, 4.69) is 4.98 Å². The second kappa shape index (κ2) is 10.2. The molecule has 0 radical (unpaired) electrons. The van der Waals surface area contributed by atoms with E-state index in [0.29, 0.717) is 17.5 Å². The van der Waals surface area contributed by atoms with Gasteiger partial charge < -0.3 is 4.74 Å². The van der Waals surface area contributed by atoms with Crippen molar-refractivity contribution in [3.05, 3.63) is 134 Å². The summed E-state index contributed by atoms with van der Waals surface area (Å²) in [6.45, 7) is 0. The van der Waals surface area contributed by atoms with Gasteiger partial charge in [-0.05, 0) is 60.7 Å². The highest BCUT2D eigenvalue weighted by atomic mass is 16.5. The molecule has 0 aliphatic rings. The molecule has 0 amide bonds. The predicted molar refractivity (Wildman–Crippen MR) is 146 cm³/mol. The molecule has 6 rings (SSSR count). The molecule has 0 saturated carbocycles. The Morgan fingerprint density at radius 1 is 0.378 bits per heavy atom. The first-order chi connectivity index (χ1) is 18.3. The van der Waals surface area contributed by atoms with Crippen LogP contribution in [-0.4, -0.2) is 19.9 Å². The maximum Gasteiger partial charge on any atom is 0.164 e. The molecule has 2 aromatic heterocycles. The van der Waals surface area contributed by atoms with Crippen molar-refractivity contribution in [3.8, 4) is 56.9 Å². The third-order valence-electron chi connectivity index (χ3n) is 5.86. The molecule has 0 saturated heterocycles. The Labute approximate surface area is 215 Å². The molecule has 0 N–H and O–H groups in total. The molecule has 37 heavy (non-hydrogen) atoms. The molecule has 176 valence electrons. The number of nitrogens with zero attached hydrogens (tertiary/aromatic N) is 4. The summed E-state index contributed by atoms with van der Waals surface area (Å²) in [5.74, 6) is 3.37. The highest BCUT2D eigenvalue weighted by Gasteiger charge is 2.12. The topological polar surface area (TPSA) is 60.8 Å². The van der Waals surface area contributed by atoms with E-state index in [-0.39, 0.29) is 0 Å². The lowest BCUT2D eigenvalue weighted by Crippen LogP contribution is -2.00. The van der Waals surface area contributed by atoms with Gasteiger partial charge in [-0.25, -0.2) is 15.0 Å². The fourth-order valence-corrected chi connectivity index (χ4v) is 3.97. The number of benzene rings is 4. The Morgan fingerprint density at radius 2 is 0.811 bits per heavy atom. The van der Waals surface area contributed by atoms with Gasteiger partial charge in [-0.15, -0.1) is 0 Å². The maximum atomic E-state index is 6.07. The third-order valence-corrected chi connectivity index (χ3v) is 5.86. The summed E-state index contributed by atoms with van der Waals surface area (Å²) in [6.07, 6.45) is 1.79. The summed E-state index contributed by atoms with van der Waals surface area (Å²) in [5.41, 5.74) is 4.74. The molecular weight excluding hydrogens is 456 g/mol. The predicted octanol–water partition coefficient (Wildman–Crippen LogP) is 7.73. The Morgan fingerprint density at radius 3 is 1.27 bits per heavy atom. The minimum atomic E-state index is 0.610. The van der Waals surface area contributed by atoms with E-state index in [0.717, 1.165) is 39.4 Å². The first-order valence-electron chi connectivity index (χ1n) is 12.0. The molecule has 2 heterocycles. The normalized spacial score (nSPS) is 10.7. The second-order valence-corrected chi connectivity index (χ2v) is 8.40. The van der Waals surface area contributed by atoms with Crippen LogP contribution in [0.4, 0.5) is 0 Å². The summed E-state index contributed by atoms with van der Waals surface area (Å²) in [5, 5.41) is 0. The van der Waals surface area contributed by atoms with Gasteiger partial charge in [-0.1, -0.05) is 66.7 Å². The number of rotatable bonds is 6. The SMILES string of the molecule is c1ccc(-c2nc(-c3ccccc3)nc(-c3ccc(Oc4ccc(-c5ccccn5)cc4)cc3)n2)cc1. The fraction of sp³-hybridized carbons (Fsp3) is 0. The van der Waals surface area contributed by atoms with Gasteiger partial charge in [0, 0.05) is 28.5 Å². The van der Waals surface area contributed by atoms with Gasteiger partial charge in [0.15, 0.2) is 17.5 Å². The van der Waals surface area contributed by atoms with Crippen molar-refractivity contribution < 1.29 is 4.74 Å². The lowest BCUT2D eigenvalue weighted by molar-refractivity contribution is 0.483. The number of aromatic nitrogens is 4. The molecule has 0 atom stereocenters. The molecule has 5 nitrogen and oxygen atoms in total. The Balaban J connectivity index is 1.28. The minimum Gasteiger partial charge on any atom is -0.457 e. The standard InChI is InChI=1S/C32H22N4O/c1-3-9-24(10-4-1)30-34-31(25-11-5-2-6-12-25)36-32(35-30)26-16-20-28(21-17-26)37-27-18-14-23(15-19-27)29-13-7-8-22-33-29/h1-22H. The molecule has 5 heteroatoms. The van der Waals surface area contributed by atoms with Crippen LogP contribution in [0.2, 0.25) is 0 Å². The summed E-state index contributed by atoms with van der Waals surface area (Å²) >= 11 is 0. The summed E-state index contributed by atoms with van der Waals surface area (Å²) < 4.78 is 6.07. The summed E-state index contributed by atoms with van der Waals surface area (Å²) in [6, 6.07) is 41.5. The minimum absolute atomic E-state index is 0.610. The average Bonchev–Trinajstić information content (AvgIpc) is 2.99. The molecule has 6 aromatic rings. The average molecular weight is 479 g/mol. The van der Waals surface area contributed by atoms with Crippen molar-refractivity contribution in [1.29, 1.82) is 0 Å². The highest BCUT2D eigenvalue weighted by Crippen LogP contribution is 2.28. The van der Waals surface area contributed by atoms with Crippen molar-refractivity contribution >= 4 is 0 Å². The molecule has 0 aliphatic carbocycles. The largest absolute Gasteiger partial charge is 0.457 e. The number of hydrogen-bond acceptors (Lipinski definition) is 5. The molecule has 0 fully saturated rings. The van der Waals surface area contributed by atoms with Gasteiger partial charge in [-0.3, -0.25) is 4.98 Å². The van der Waals surface area contributed by atoms with E-state index in [9.17, 15) is 0 Å². The van der Waals surface area contributed by atoms with Crippen LogP contribution in [-0.2, 0) is 0 Å². The molecule has 0 bridgehead atoms. The lowest BCUT2D eigenvalue weighted by atomic mass is 10.1. The lowest BCUT2D eigenvalue weighted by Gasteiger charge is -2.10. The third kappa shape index (κ3) is 5.11. The van der Waals surface area contributed by atoms with Gasteiger partial charge in [0.25, 0.3) is 0 Å². The van der Waals surface area contributed by atoms with E-state index in [1.165, 1.54) is 0 Å². The van der Waals surface area contributed by atoms with Gasteiger partial charge in [0.2, 0.25) is 0 Å². The smallest absolute Gasteiger partial charge is 0.164 e. The monoisotopic (exact) mass is 478 g/mol. The van der Waals surface area contributed by atoms with Crippen LogP contribution in [0.25, 0.3) is 45.4 Å². The van der Waals surface area contributed by atoms with Crippen LogP contribution >= 0.6 is 0 Å². The Kier molecular flexibility index (Phi) is 6.16. The van der Waals surface area contributed by atoms with Crippen LogP contribution in [0.5, 0.6) is 11.5 Å². The van der Waals surface area contributed by atoms with Crippen LogP contribution < -0.4 is 4.74 Å². The molecule has 0 spiro atoms. The van der Waals surface area contributed by atoms with Crippen LogP contribution in [0, 0.1) is 0 Å². The molecule has 0 aliphatic heterocycles. The van der Waals surface area contributed by atoms with Gasteiger partial charge >= 0.3 is 0 Å². The van der Waals surface area contributed by atoms with Crippen molar-refractivity contribution in [2.45, 2.75) is 0 Å². The van der Waals surface area contributed by atoms with Crippen LogP contribution in [0.1, 0.15) is 0 Å². The van der Waals surface area contributed by atoms with Crippen molar-refractivity contribution in [3.63, 3.8) is 0 Å². The fourth-order valence-electron chi connectivity index (χ4n) is 3.97. The van der Waals surface area contributed by atoms with Crippen molar-refractivity contribution in [2.75, 3.05) is 0 Å². The van der Waals surface area contributed by atoms with E-state index < -0.39 is 0 Å². The summed E-state index contributed by atoms with van der Waals surface area (Å²) in [4.78, 5) is 18.7. The Hall–Kier alpha value is -5.16. The molecular formula is C32H22N4O. The van der Waals surface area contributed by atoms with E-state index in [1.54, 1.807) is 6.20 Å². The van der Waals surface area contributed by atoms with E-state index >= 15 is 0 Å². The van der Waals surface area contributed by atoms with Crippen molar-refractivity contribution in [1.82, 2.24) is 19.9 Å². The summed E-state index contributed by atoms with van der Waals surface area (Å²) in [7, 11) is 0. The first kappa shape index (κ1) is 22.3. The quantitative estimate of drug-likeness (QED) is 0.245. The van der Waals surface area contributed by atoms with Gasteiger partial charge in [0.05, 0.1) is 5.69 Å². The zero-order valence-corrected chi connectivity index (χ0v) is 19.9. The maximum absolute atomic E-state index is 6.07. The zero-order chi connectivity index (χ0) is 24.9. The van der Waals surface area contributed by atoms with E-state index in [1.807, 2.05) is 127 Å². The van der Waals surface area contributed by atoms with Crippen LogP contribution in [0.15, 0.2) is 134 Å². The number of ether oxygens (including phenoxy) is 1. The van der Waals surface area contributed by atoms with Gasteiger partial charge in [-0.2, -0.15) is 0 Å². The number of hydrogen-bond donors (Lipinski definition) is 0. The Bertz CT molecular complexity index is 1550. The molecule has 0 unspecified atom stereocenters. The van der Waals surface area contributed by atoms with Crippen LogP contribution in [0.3, 0.4) is 0 Å².